The van der Waals surface area contributed by atoms with E-state index in [0.29, 0.717) is 23.7 Å². The van der Waals surface area contributed by atoms with E-state index < -0.39 is 0 Å². The molecule has 2 heterocycles. The van der Waals surface area contributed by atoms with Crippen molar-refractivity contribution in [3.8, 4) is 11.1 Å². The second-order valence-electron chi connectivity index (χ2n) is 9.04. The Kier molecular flexibility index (Phi) is 4.99. The number of rotatable bonds is 3. The van der Waals surface area contributed by atoms with Crippen molar-refractivity contribution < 1.29 is 9.53 Å². The van der Waals surface area contributed by atoms with Gasteiger partial charge in [0, 0.05) is 17.7 Å². The Bertz CT molecular complexity index is 889. The highest BCUT2D eigenvalue weighted by Crippen LogP contribution is 2.53. The lowest BCUT2D eigenvalue weighted by atomic mass is 9.57. The van der Waals surface area contributed by atoms with Gasteiger partial charge in [-0.3, -0.25) is 9.78 Å². The number of cyclic esters (lactones) is 1. The lowest BCUT2D eigenvalue weighted by molar-refractivity contribution is -0.144. The molecule has 6 atom stereocenters. The zero-order valence-electron chi connectivity index (χ0n) is 17.0. The van der Waals surface area contributed by atoms with Crippen molar-refractivity contribution >= 4 is 12.0 Å². The molecule has 3 fully saturated rings. The summed E-state index contributed by atoms with van der Waals surface area (Å²) in [7, 11) is 0. The Morgan fingerprint density at radius 1 is 1.03 bits per heavy atom. The summed E-state index contributed by atoms with van der Waals surface area (Å²) in [6.45, 7) is 2.08. The molecule has 3 aliphatic rings. The minimum Gasteiger partial charge on any atom is -0.462 e. The first kappa shape index (κ1) is 18.6. The van der Waals surface area contributed by atoms with E-state index in [1.807, 2.05) is 12.3 Å². The number of hydrogen-bond acceptors (Lipinski definition) is 3. The van der Waals surface area contributed by atoms with Crippen LogP contribution in [0.5, 0.6) is 0 Å². The molecule has 2 unspecified atom stereocenters. The molecule has 3 heteroatoms. The minimum atomic E-state index is 0.0263. The summed E-state index contributed by atoms with van der Waals surface area (Å²) < 4.78 is 5.67. The molecule has 0 radical (unpaired) electrons. The molecule has 150 valence electrons. The average Bonchev–Trinajstić information content (AvgIpc) is 3.05. The summed E-state index contributed by atoms with van der Waals surface area (Å²) >= 11 is 0. The van der Waals surface area contributed by atoms with Gasteiger partial charge in [-0.15, -0.1) is 0 Å². The van der Waals surface area contributed by atoms with Gasteiger partial charge >= 0.3 is 5.97 Å². The maximum Gasteiger partial charge on any atom is 0.309 e. The van der Waals surface area contributed by atoms with Gasteiger partial charge in [0.25, 0.3) is 0 Å². The molecule has 1 aromatic heterocycles. The molecular weight excluding hydrogens is 358 g/mol. The second kappa shape index (κ2) is 7.78. The molecule has 0 N–H and O–H groups in total. The highest BCUT2D eigenvalue weighted by molar-refractivity contribution is 5.75. The Hall–Kier alpha value is -2.42. The fourth-order valence-corrected chi connectivity index (χ4v) is 6.10. The number of nitrogens with zero attached hydrogens (tertiary/aromatic N) is 1. The number of fused-ring (bicyclic) bond motifs is 2. The molecule has 0 amide bonds. The molecule has 1 saturated heterocycles. The zero-order chi connectivity index (χ0) is 19.8. The predicted octanol–water partition coefficient (Wildman–Crippen LogP) is 5.77. The fraction of sp³-hybridized carbons (Fsp3) is 0.462. The number of carbonyl (C=O) groups excluding carboxylic acids is 1. The summed E-state index contributed by atoms with van der Waals surface area (Å²) in [4.78, 5) is 17.1. The van der Waals surface area contributed by atoms with Crippen LogP contribution in [0.25, 0.3) is 17.2 Å². The lowest BCUT2D eigenvalue weighted by Crippen LogP contribution is -2.42. The van der Waals surface area contributed by atoms with E-state index in [4.69, 9.17) is 4.74 Å². The van der Waals surface area contributed by atoms with Crippen LogP contribution in [0.2, 0.25) is 0 Å². The first-order chi connectivity index (χ1) is 14.2. The summed E-state index contributed by atoms with van der Waals surface area (Å²) in [5.41, 5.74) is 3.31. The smallest absolute Gasteiger partial charge is 0.309 e. The second-order valence-corrected chi connectivity index (χ2v) is 9.04. The number of ether oxygens (including phenoxy) is 1. The molecule has 0 bridgehead atoms. The Morgan fingerprint density at radius 3 is 2.66 bits per heavy atom. The van der Waals surface area contributed by atoms with Crippen LogP contribution in [0.1, 0.15) is 44.7 Å². The molecule has 1 aromatic carbocycles. The van der Waals surface area contributed by atoms with Crippen LogP contribution in [-0.2, 0) is 9.53 Å². The van der Waals surface area contributed by atoms with Gasteiger partial charge in [-0.05, 0) is 55.2 Å². The third-order valence-corrected chi connectivity index (χ3v) is 7.46. The van der Waals surface area contributed by atoms with E-state index in [-0.39, 0.29) is 18.0 Å². The van der Waals surface area contributed by atoms with Crippen molar-refractivity contribution in [2.75, 3.05) is 0 Å². The van der Waals surface area contributed by atoms with Crippen LogP contribution >= 0.6 is 0 Å². The highest BCUT2D eigenvalue weighted by atomic mass is 16.6. The summed E-state index contributed by atoms with van der Waals surface area (Å²) in [6.07, 6.45) is 12.7. The van der Waals surface area contributed by atoms with Crippen LogP contribution in [-0.4, -0.2) is 17.1 Å². The Labute approximate surface area is 173 Å². The fourth-order valence-electron chi connectivity index (χ4n) is 6.10. The van der Waals surface area contributed by atoms with E-state index in [9.17, 15) is 4.79 Å². The molecule has 29 heavy (non-hydrogen) atoms. The molecule has 2 aromatic rings. The molecule has 5 rings (SSSR count). The Balaban J connectivity index is 1.39. The number of carbonyl (C=O) groups is 1. The van der Waals surface area contributed by atoms with Gasteiger partial charge in [-0.1, -0.05) is 61.7 Å². The van der Waals surface area contributed by atoms with E-state index in [1.165, 1.54) is 31.2 Å². The van der Waals surface area contributed by atoms with Crippen LogP contribution < -0.4 is 0 Å². The standard InChI is InChI=1S/C26H29NO2/c1-17-25-23(22-10-6-5-9-19(22)15-24(25)26(28)29-17)14-13-21-12-11-20(16-27-21)18-7-3-2-4-8-18/h2-4,7-8,11-14,16-17,19,22-25H,5-6,9-10,15H2,1H3/b14-13+/t17-,19+,22?,23?,24-,25+/m1/s1. The van der Waals surface area contributed by atoms with Crippen molar-refractivity contribution in [1.82, 2.24) is 4.98 Å². The number of esters is 1. The summed E-state index contributed by atoms with van der Waals surface area (Å²) in [6, 6.07) is 14.6. The number of hydrogen-bond donors (Lipinski definition) is 0. The molecular formula is C26H29NO2. The van der Waals surface area contributed by atoms with Crippen molar-refractivity contribution in [1.29, 1.82) is 0 Å². The third-order valence-electron chi connectivity index (χ3n) is 7.46. The SMILES string of the molecule is C[C@H]1OC(=O)[C@@H]2C[C@@H]3CCCCC3C(/C=C/c3ccc(-c4ccccc4)cn3)[C@H]12. The van der Waals surface area contributed by atoms with Crippen molar-refractivity contribution in [3.05, 3.63) is 60.4 Å². The van der Waals surface area contributed by atoms with Gasteiger partial charge in [-0.25, -0.2) is 0 Å². The van der Waals surface area contributed by atoms with Gasteiger partial charge in [0.15, 0.2) is 0 Å². The van der Waals surface area contributed by atoms with E-state index in [0.717, 1.165) is 17.7 Å². The monoisotopic (exact) mass is 387 g/mol. The van der Waals surface area contributed by atoms with Crippen molar-refractivity contribution in [2.24, 2.45) is 29.6 Å². The van der Waals surface area contributed by atoms with Gasteiger partial charge in [0.05, 0.1) is 11.6 Å². The molecule has 0 spiro atoms. The lowest BCUT2D eigenvalue weighted by Gasteiger charge is -2.45. The minimum absolute atomic E-state index is 0.0263. The molecule has 2 saturated carbocycles. The van der Waals surface area contributed by atoms with Crippen LogP contribution in [0.4, 0.5) is 0 Å². The highest BCUT2D eigenvalue weighted by Gasteiger charge is 2.53. The molecule has 1 aliphatic heterocycles. The van der Waals surface area contributed by atoms with E-state index >= 15 is 0 Å². The Morgan fingerprint density at radius 2 is 1.86 bits per heavy atom. The van der Waals surface area contributed by atoms with Gasteiger partial charge < -0.3 is 4.74 Å². The van der Waals surface area contributed by atoms with Crippen molar-refractivity contribution in [3.63, 3.8) is 0 Å². The normalized spacial score (nSPS) is 33.9. The quantitative estimate of drug-likeness (QED) is 0.628. The van der Waals surface area contributed by atoms with Crippen LogP contribution in [0.3, 0.4) is 0 Å². The van der Waals surface area contributed by atoms with Gasteiger partial charge in [-0.2, -0.15) is 0 Å². The molecule has 3 nitrogen and oxygen atoms in total. The predicted molar refractivity (Wildman–Crippen MR) is 115 cm³/mol. The molecule has 2 aliphatic carbocycles. The largest absolute Gasteiger partial charge is 0.462 e. The van der Waals surface area contributed by atoms with Crippen LogP contribution in [0.15, 0.2) is 54.7 Å². The summed E-state index contributed by atoms with van der Waals surface area (Å²) in [5.74, 6) is 2.22. The van der Waals surface area contributed by atoms with E-state index in [1.54, 1.807) is 0 Å². The number of allylic oxidation sites excluding steroid dienone is 1. The third kappa shape index (κ3) is 3.52. The topological polar surface area (TPSA) is 39.2 Å². The summed E-state index contributed by atoms with van der Waals surface area (Å²) in [5, 5.41) is 0. The van der Waals surface area contributed by atoms with Gasteiger partial charge in [0.1, 0.15) is 6.10 Å². The first-order valence-corrected chi connectivity index (χ1v) is 11.1. The van der Waals surface area contributed by atoms with Gasteiger partial charge in [0.2, 0.25) is 0 Å². The maximum absolute atomic E-state index is 12.4. The number of pyridine rings is 1. The first-order valence-electron chi connectivity index (χ1n) is 11.1. The zero-order valence-corrected chi connectivity index (χ0v) is 17.0. The maximum atomic E-state index is 12.4. The van der Waals surface area contributed by atoms with E-state index in [2.05, 4.69) is 60.5 Å². The van der Waals surface area contributed by atoms with Crippen LogP contribution in [0, 0.1) is 29.6 Å². The average molecular weight is 388 g/mol. The van der Waals surface area contributed by atoms with Crippen molar-refractivity contribution in [2.45, 2.75) is 45.1 Å². The number of benzene rings is 1. The number of aromatic nitrogens is 1.